The Bertz CT molecular complexity index is 656. The second-order valence-corrected chi connectivity index (χ2v) is 5.24. The van der Waals surface area contributed by atoms with Crippen molar-refractivity contribution in [3.8, 4) is 0 Å². The third-order valence-corrected chi connectivity index (χ3v) is 3.53. The lowest BCUT2D eigenvalue weighted by atomic mass is 10.2. The van der Waals surface area contributed by atoms with Crippen LogP contribution in [0.5, 0.6) is 0 Å². The summed E-state index contributed by atoms with van der Waals surface area (Å²) in [5.74, 6) is -1.44. The molecule has 0 aromatic heterocycles. The summed E-state index contributed by atoms with van der Waals surface area (Å²) in [6.45, 7) is -0.402. The van der Waals surface area contributed by atoms with Crippen molar-refractivity contribution in [3.63, 3.8) is 0 Å². The molecule has 1 amide bonds. The zero-order valence-electron chi connectivity index (χ0n) is 11.8. The van der Waals surface area contributed by atoms with Gasteiger partial charge >= 0.3 is 5.97 Å². The van der Waals surface area contributed by atoms with E-state index in [0.29, 0.717) is 11.3 Å². The van der Waals surface area contributed by atoms with Gasteiger partial charge in [-0.2, -0.15) is 0 Å². The van der Waals surface area contributed by atoms with Crippen molar-refractivity contribution in [2.45, 2.75) is 4.90 Å². The molecule has 0 fully saturated rings. The van der Waals surface area contributed by atoms with Crippen LogP contribution in [0.3, 0.4) is 0 Å². The second-order valence-electron chi connectivity index (χ2n) is 4.36. The number of carbonyl (C=O) groups excluding carboxylic acids is 2. The van der Waals surface area contributed by atoms with E-state index < -0.39 is 24.3 Å². The molecule has 0 aliphatic carbocycles. The highest BCUT2D eigenvalue weighted by atomic mass is 32.2. The molecule has 0 aliphatic rings. The van der Waals surface area contributed by atoms with Crippen LogP contribution in [0.15, 0.2) is 53.4 Å². The van der Waals surface area contributed by atoms with Crippen molar-refractivity contribution >= 4 is 29.3 Å². The molecule has 0 spiro atoms. The van der Waals surface area contributed by atoms with Gasteiger partial charge in [0.05, 0.1) is 5.56 Å². The topological polar surface area (TPSA) is 55.4 Å². The number of amides is 1. The fraction of sp³-hybridized carbons (Fsp3) is 0.125. The van der Waals surface area contributed by atoms with E-state index in [4.69, 9.17) is 4.74 Å². The van der Waals surface area contributed by atoms with E-state index in [1.807, 2.05) is 6.26 Å². The first-order chi connectivity index (χ1) is 10.6. The molecule has 0 aliphatic heterocycles. The number of thioether (sulfide) groups is 1. The lowest BCUT2D eigenvalue weighted by Crippen LogP contribution is -2.20. The summed E-state index contributed by atoms with van der Waals surface area (Å²) in [7, 11) is 0. The second kappa shape index (κ2) is 7.61. The number of nitrogens with one attached hydrogen (secondary N) is 1. The zero-order valence-corrected chi connectivity index (χ0v) is 12.7. The monoisotopic (exact) mass is 319 g/mol. The minimum atomic E-state index is -0.568. The molecule has 1 N–H and O–H groups in total. The van der Waals surface area contributed by atoms with Gasteiger partial charge in [0.15, 0.2) is 6.61 Å². The summed E-state index contributed by atoms with van der Waals surface area (Å²) in [4.78, 5) is 24.5. The van der Waals surface area contributed by atoms with Gasteiger partial charge in [0.1, 0.15) is 5.82 Å². The maximum absolute atomic E-state index is 12.7. The van der Waals surface area contributed by atoms with E-state index in [2.05, 4.69) is 5.32 Å². The summed E-state index contributed by atoms with van der Waals surface area (Å²) in [6.07, 6.45) is 1.94. The van der Waals surface area contributed by atoms with E-state index in [1.165, 1.54) is 24.3 Å². The Kier molecular flexibility index (Phi) is 5.55. The van der Waals surface area contributed by atoms with Gasteiger partial charge in [-0.15, -0.1) is 11.8 Å². The van der Waals surface area contributed by atoms with Crippen LogP contribution in [-0.2, 0) is 9.53 Å². The summed E-state index contributed by atoms with van der Waals surface area (Å²) >= 11 is 1.57. The highest BCUT2D eigenvalue weighted by molar-refractivity contribution is 7.98. The predicted molar refractivity (Wildman–Crippen MR) is 83.5 cm³/mol. The van der Waals surface area contributed by atoms with Crippen molar-refractivity contribution in [2.75, 3.05) is 18.2 Å². The van der Waals surface area contributed by atoms with Crippen LogP contribution in [-0.4, -0.2) is 24.7 Å². The highest BCUT2D eigenvalue weighted by Gasteiger charge is 2.10. The van der Waals surface area contributed by atoms with E-state index in [-0.39, 0.29) is 0 Å². The quantitative estimate of drug-likeness (QED) is 0.678. The fourth-order valence-electron chi connectivity index (χ4n) is 1.67. The molecule has 4 nitrogen and oxygen atoms in total. The summed E-state index contributed by atoms with van der Waals surface area (Å²) in [5.41, 5.74) is 0.819. The maximum Gasteiger partial charge on any atom is 0.338 e. The summed E-state index contributed by atoms with van der Waals surface area (Å²) < 4.78 is 17.7. The number of benzene rings is 2. The Morgan fingerprint density at radius 3 is 2.32 bits per heavy atom. The molecule has 0 unspecified atom stereocenters. The number of ether oxygens (including phenoxy) is 1. The Morgan fingerprint density at radius 2 is 1.73 bits per heavy atom. The maximum atomic E-state index is 12.7. The van der Waals surface area contributed by atoms with Crippen LogP contribution in [0.25, 0.3) is 0 Å². The average molecular weight is 319 g/mol. The fourth-order valence-corrected chi connectivity index (χ4v) is 2.08. The Balaban J connectivity index is 1.84. The molecule has 0 saturated carbocycles. The summed E-state index contributed by atoms with van der Waals surface area (Å²) in [5, 5.41) is 2.51. The third-order valence-electron chi connectivity index (χ3n) is 2.79. The molecule has 2 aromatic rings. The van der Waals surface area contributed by atoms with E-state index in [9.17, 15) is 14.0 Å². The Morgan fingerprint density at radius 1 is 1.09 bits per heavy atom. The Hall–Kier alpha value is -2.34. The molecule has 2 rings (SSSR count). The number of halogens is 1. The van der Waals surface area contributed by atoms with Gasteiger partial charge in [0, 0.05) is 10.6 Å². The number of hydrogen-bond donors (Lipinski definition) is 1. The standard InChI is InChI=1S/C16H14FNO3S/c1-22-14-8-2-11(3-9-14)16(20)21-10-15(19)18-13-6-4-12(17)5-7-13/h2-9H,10H2,1H3,(H,18,19). The molecule has 114 valence electrons. The molecule has 22 heavy (non-hydrogen) atoms. The van der Waals surface area contributed by atoms with Gasteiger partial charge in [0.25, 0.3) is 5.91 Å². The van der Waals surface area contributed by atoms with Gasteiger partial charge in [0.2, 0.25) is 0 Å². The van der Waals surface area contributed by atoms with Crippen LogP contribution in [0.2, 0.25) is 0 Å². The van der Waals surface area contributed by atoms with Crippen molar-refractivity contribution in [2.24, 2.45) is 0 Å². The summed E-state index contributed by atoms with van der Waals surface area (Å²) in [6, 6.07) is 12.2. The van der Waals surface area contributed by atoms with Gasteiger partial charge in [-0.05, 0) is 54.8 Å². The van der Waals surface area contributed by atoms with E-state index >= 15 is 0 Å². The average Bonchev–Trinajstić information content (AvgIpc) is 2.55. The molecule has 6 heteroatoms. The zero-order chi connectivity index (χ0) is 15.9. The first kappa shape index (κ1) is 16.0. The van der Waals surface area contributed by atoms with Gasteiger partial charge in [-0.3, -0.25) is 4.79 Å². The van der Waals surface area contributed by atoms with Crippen LogP contribution >= 0.6 is 11.8 Å². The van der Waals surface area contributed by atoms with Crippen molar-refractivity contribution in [3.05, 3.63) is 59.9 Å². The molecular weight excluding hydrogens is 305 g/mol. The molecule has 0 heterocycles. The number of esters is 1. The van der Waals surface area contributed by atoms with Gasteiger partial charge in [-0.1, -0.05) is 0 Å². The van der Waals surface area contributed by atoms with Crippen LogP contribution in [0.1, 0.15) is 10.4 Å². The molecule has 0 atom stereocenters. The molecular formula is C16H14FNO3S. The SMILES string of the molecule is CSc1ccc(C(=O)OCC(=O)Nc2ccc(F)cc2)cc1. The van der Waals surface area contributed by atoms with E-state index in [0.717, 1.165) is 4.90 Å². The van der Waals surface area contributed by atoms with Crippen molar-refractivity contribution in [1.82, 2.24) is 0 Å². The lowest BCUT2D eigenvalue weighted by molar-refractivity contribution is -0.119. The minimum absolute atomic E-state index is 0.382. The molecule has 2 aromatic carbocycles. The predicted octanol–water partition coefficient (Wildman–Crippen LogP) is 3.34. The number of rotatable bonds is 5. The lowest BCUT2D eigenvalue weighted by Gasteiger charge is -2.07. The first-order valence-corrected chi connectivity index (χ1v) is 7.67. The van der Waals surface area contributed by atoms with E-state index in [1.54, 1.807) is 36.0 Å². The normalized spacial score (nSPS) is 10.1. The minimum Gasteiger partial charge on any atom is -0.452 e. The van der Waals surface area contributed by atoms with Gasteiger partial charge < -0.3 is 10.1 Å². The third kappa shape index (κ3) is 4.60. The smallest absolute Gasteiger partial charge is 0.338 e. The molecule has 0 bridgehead atoms. The van der Waals surface area contributed by atoms with Gasteiger partial charge in [-0.25, -0.2) is 9.18 Å². The van der Waals surface area contributed by atoms with Crippen LogP contribution in [0.4, 0.5) is 10.1 Å². The van der Waals surface area contributed by atoms with Crippen LogP contribution < -0.4 is 5.32 Å². The molecule has 0 saturated heterocycles. The van der Waals surface area contributed by atoms with Crippen LogP contribution in [0, 0.1) is 5.82 Å². The van der Waals surface area contributed by atoms with Crippen molar-refractivity contribution in [1.29, 1.82) is 0 Å². The Labute approximate surface area is 131 Å². The first-order valence-electron chi connectivity index (χ1n) is 6.45. The molecule has 0 radical (unpaired) electrons. The number of carbonyl (C=O) groups is 2. The number of anilines is 1. The number of hydrogen-bond acceptors (Lipinski definition) is 4. The highest BCUT2D eigenvalue weighted by Crippen LogP contribution is 2.15. The largest absolute Gasteiger partial charge is 0.452 e. The van der Waals surface area contributed by atoms with Crippen molar-refractivity contribution < 1.29 is 18.7 Å².